The second-order valence-electron chi connectivity index (χ2n) is 3.06. The third kappa shape index (κ3) is 2.14. The summed E-state index contributed by atoms with van der Waals surface area (Å²) in [7, 11) is 0. The number of nitrogens with one attached hydrogen (secondary N) is 2. The van der Waals surface area contributed by atoms with Crippen LogP contribution in [0.2, 0.25) is 0 Å². The number of aromatic nitrogens is 2. The van der Waals surface area contributed by atoms with Crippen molar-refractivity contribution in [2.24, 2.45) is 0 Å². The molecule has 1 aromatic heterocycles. The predicted octanol–water partition coefficient (Wildman–Crippen LogP) is 1.24. The van der Waals surface area contributed by atoms with Gasteiger partial charge in [0.15, 0.2) is 0 Å². The molecule has 1 aromatic carbocycles. The van der Waals surface area contributed by atoms with Crippen molar-refractivity contribution in [1.82, 2.24) is 10.2 Å². The maximum Gasteiger partial charge on any atom is 0.255 e. The molecule has 5 heteroatoms. The standard InChI is InChI=1S/C10H10N4O/c11-8-3-1-7(2-4-8)10(15)14-9-5-12-13-6-9/h1-6H,11H2,(H,12,13)(H,14,15). The van der Waals surface area contributed by atoms with Crippen LogP contribution >= 0.6 is 0 Å². The quantitative estimate of drug-likeness (QED) is 0.640. The second-order valence-corrected chi connectivity index (χ2v) is 3.06. The fourth-order valence-electron chi connectivity index (χ4n) is 1.16. The molecule has 0 saturated heterocycles. The molecule has 0 spiro atoms. The van der Waals surface area contributed by atoms with Crippen molar-refractivity contribution in [2.45, 2.75) is 0 Å². The number of nitrogens with two attached hydrogens (primary N) is 1. The van der Waals surface area contributed by atoms with E-state index in [2.05, 4.69) is 15.5 Å². The summed E-state index contributed by atoms with van der Waals surface area (Å²) in [4.78, 5) is 11.6. The Bertz CT molecular complexity index is 447. The zero-order valence-corrected chi connectivity index (χ0v) is 7.90. The number of carbonyl (C=O) groups excluding carboxylic acids is 1. The van der Waals surface area contributed by atoms with Crippen LogP contribution < -0.4 is 11.1 Å². The molecule has 2 aromatic rings. The predicted molar refractivity (Wildman–Crippen MR) is 57.4 cm³/mol. The van der Waals surface area contributed by atoms with Gasteiger partial charge in [0.1, 0.15) is 0 Å². The molecule has 1 amide bonds. The van der Waals surface area contributed by atoms with E-state index >= 15 is 0 Å². The molecule has 76 valence electrons. The molecule has 0 radical (unpaired) electrons. The average molecular weight is 202 g/mol. The summed E-state index contributed by atoms with van der Waals surface area (Å²) in [5.74, 6) is -0.184. The van der Waals surface area contributed by atoms with Crippen LogP contribution in [-0.2, 0) is 0 Å². The maximum atomic E-state index is 11.6. The van der Waals surface area contributed by atoms with Gasteiger partial charge in [0, 0.05) is 17.4 Å². The molecule has 0 bridgehead atoms. The molecular formula is C10H10N4O. The third-order valence-corrected chi connectivity index (χ3v) is 1.93. The summed E-state index contributed by atoms with van der Waals surface area (Å²) < 4.78 is 0. The molecule has 0 aliphatic carbocycles. The van der Waals surface area contributed by atoms with Gasteiger partial charge in [0.05, 0.1) is 11.9 Å². The largest absolute Gasteiger partial charge is 0.399 e. The molecule has 0 aliphatic rings. The van der Waals surface area contributed by atoms with Crippen molar-refractivity contribution in [2.75, 3.05) is 11.1 Å². The second kappa shape index (κ2) is 3.83. The van der Waals surface area contributed by atoms with Crippen molar-refractivity contribution in [3.8, 4) is 0 Å². The van der Waals surface area contributed by atoms with Gasteiger partial charge in [-0.2, -0.15) is 5.10 Å². The van der Waals surface area contributed by atoms with Crippen LogP contribution in [0.15, 0.2) is 36.7 Å². The zero-order valence-electron chi connectivity index (χ0n) is 7.90. The number of nitrogen functional groups attached to an aromatic ring is 1. The summed E-state index contributed by atoms with van der Waals surface area (Å²) >= 11 is 0. The number of hydrogen-bond acceptors (Lipinski definition) is 3. The van der Waals surface area contributed by atoms with Crippen LogP contribution in [0.4, 0.5) is 11.4 Å². The summed E-state index contributed by atoms with van der Waals surface area (Å²) in [5.41, 5.74) is 7.35. The number of H-pyrrole nitrogens is 1. The first-order valence-corrected chi connectivity index (χ1v) is 4.41. The fraction of sp³-hybridized carbons (Fsp3) is 0. The number of rotatable bonds is 2. The van der Waals surface area contributed by atoms with Gasteiger partial charge in [-0.15, -0.1) is 0 Å². The van der Waals surface area contributed by atoms with E-state index in [9.17, 15) is 4.79 Å². The van der Waals surface area contributed by atoms with Crippen LogP contribution in [-0.4, -0.2) is 16.1 Å². The Hall–Kier alpha value is -2.30. The van der Waals surface area contributed by atoms with Gasteiger partial charge in [-0.05, 0) is 24.3 Å². The minimum atomic E-state index is -0.184. The molecule has 2 rings (SSSR count). The fourth-order valence-corrected chi connectivity index (χ4v) is 1.16. The van der Waals surface area contributed by atoms with Crippen molar-refractivity contribution < 1.29 is 4.79 Å². The van der Waals surface area contributed by atoms with Crippen molar-refractivity contribution in [3.63, 3.8) is 0 Å². The molecule has 0 atom stereocenters. The summed E-state index contributed by atoms with van der Waals surface area (Å²) in [5, 5.41) is 9.02. The van der Waals surface area contributed by atoms with E-state index in [1.54, 1.807) is 30.5 Å². The number of aromatic amines is 1. The van der Waals surface area contributed by atoms with Gasteiger partial charge in [-0.3, -0.25) is 9.89 Å². The molecule has 0 unspecified atom stereocenters. The lowest BCUT2D eigenvalue weighted by Crippen LogP contribution is -2.11. The molecule has 4 N–H and O–H groups in total. The third-order valence-electron chi connectivity index (χ3n) is 1.93. The molecule has 0 saturated carbocycles. The Kier molecular flexibility index (Phi) is 2.37. The molecule has 15 heavy (non-hydrogen) atoms. The smallest absolute Gasteiger partial charge is 0.255 e. The Balaban J connectivity index is 2.11. The lowest BCUT2D eigenvalue weighted by atomic mass is 10.2. The van der Waals surface area contributed by atoms with Gasteiger partial charge in [-0.1, -0.05) is 0 Å². The van der Waals surface area contributed by atoms with Crippen LogP contribution in [0.1, 0.15) is 10.4 Å². The van der Waals surface area contributed by atoms with E-state index in [1.165, 1.54) is 6.20 Å². The van der Waals surface area contributed by atoms with E-state index in [-0.39, 0.29) is 5.91 Å². The first-order valence-electron chi connectivity index (χ1n) is 4.41. The minimum Gasteiger partial charge on any atom is -0.399 e. The highest BCUT2D eigenvalue weighted by Crippen LogP contribution is 2.08. The van der Waals surface area contributed by atoms with Crippen LogP contribution in [0.25, 0.3) is 0 Å². The SMILES string of the molecule is Nc1ccc(C(=O)Nc2cn[nH]c2)cc1. The maximum absolute atomic E-state index is 11.6. The number of amides is 1. The van der Waals surface area contributed by atoms with Gasteiger partial charge >= 0.3 is 0 Å². The Morgan fingerprint density at radius 3 is 2.67 bits per heavy atom. The average Bonchev–Trinajstić information content (AvgIpc) is 2.71. The van der Waals surface area contributed by atoms with Crippen LogP contribution in [0.3, 0.4) is 0 Å². The monoisotopic (exact) mass is 202 g/mol. The molecule has 0 fully saturated rings. The molecule has 0 aliphatic heterocycles. The van der Waals surface area contributed by atoms with Gasteiger partial charge in [0.2, 0.25) is 0 Å². The highest BCUT2D eigenvalue weighted by molar-refractivity contribution is 6.04. The normalized spacial score (nSPS) is 9.87. The van der Waals surface area contributed by atoms with Crippen molar-refractivity contribution >= 4 is 17.3 Å². The Labute approximate surface area is 86.3 Å². The summed E-state index contributed by atoms with van der Waals surface area (Å²) in [6, 6.07) is 6.71. The van der Waals surface area contributed by atoms with Crippen molar-refractivity contribution in [1.29, 1.82) is 0 Å². The van der Waals surface area contributed by atoms with E-state index in [0.29, 0.717) is 16.9 Å². The van der Waals surface area contributed by atoms with Gasteiger partial charge in [0.25, 0.3) is 5.91 Å². The lowest BCUT2D eigenvalue weighted by molar-refractivity contribution is 0.102. The lowest BCUT2D eigenvalue weighted by Gasteiger charge is -2.02. The number of hydrogen-bond donors (Lipinski definition) is 3. The number of carbonyl (C=O) groups is 1. The first-order chi connectivity index (χ1) is 7.25. The topological polar surface area (TPSA) is 83.8 Å². The highest BCUT2D eigenvalue weighted by Gasteiger charge is 2.05. The van der Waals surface area contributed by atoms with E-state index in [0.717, 1.165) is 0 Å². The Morgan fingerprint density at radius 2 is 2.07 bits per heavy atom. The zero-order chi connectivity index (χ0) is 10.7. The van der Waals surface area contributed by atoms with Gasteiger partial charge < -0.3 is 11.1 Å². The van der Waals surface area contributed by atoms with Crippen LogP contribution in [0.5, 0.6) is 0 Å². The molecule has 5 nitrogen and oxygen atoms in total. The molecule has 1 heterocycles. The minimum absolute atomic E-state index is 0.184. The van der Waals surface area contributed by atoms with Gasteiger partial charge in [-0.25, -0.2) is 0 Å². The van der Waals surface area contributed by atoms with Crippen molar-refractivity contribution in [3.05, 3.63) is 42.2 Å². The number of benzene rings is 1. The first kappa shape index (κ1) is 9.26. The summed E-state index contributed by atoms with van der Waals surface area (Å²) in [6.45, 7) is 0. The number of anilines is 2. The van der Waals surface area contributed by atoms with Crippen LogP contribution in [0, 0.1) is 0 Å². The molecular weight excluding hydrogens is 192 g/mol. The summed E-state index contributed by atoms with van der Waals surface area (Å²) in [6.07, 6.45) is 3.14. The highest BCUT2D eigenvalue weighted by atomic mass is 16.1. The number of nitrogens with zero attached hydrogens (tertiary/aromatic N) is 1. The Morgan fingerprint density at radius 1 is 1.33 bits per heavy atom. The van der Waals surface area contributed by atoms with E-state index in [1.807, 2.05) is 0 Å². The van der Waals surface area contributed by atoms with E-state index in [4.69, 9.17) is 5.73 Å². The van der Waals surface area contributed by atoms with E-state index < -0.39 is 0 Å².